The van der Waals surface area contributed by atoms with E-state index in [9.17, 15) is 45.4 Å². The summed E-state index contributed by atoms with van der Waals surface area (Å²) in [6.45, 7) is 8.83. The zero-order chi connectivity index (χ0) is 66.2. The van der Waals surface area contributed by atoms with E-state index >= 15 is 0 Å². The number of rotatable bonds is 33. The molecule has 5 aliphatic rings. The monoisotopic (exact) mass is 1350 g/mol. The average molecular weight is 1350 g/mol. The molecule has 498 valence electrons. The minimum Gasteiger partial charge on any atom is -0.493 e. The number of hydrogen-bond donors (Lipinski definition) is 1. The van der Waals surface area contributed by atoms with Crippen molar-refractivity contribution in [1.29, 1.82) is 0 Å². The molecular formula is C68H80N4O17S4. The minimum absolute atomic E-state index is 0.00554. The highest BCUT2D eigenvalue weighted by molar-refractivity contribution is 8.77. The van der Waals surface area contributed by atoms with Gasteiger partial charge in [-0.15, -0.1) is 0 Å². The summed E-state index contributed by atoms with van der Waals surface area (Å²) in [7, 11) is -1.70. The number of ether oxygens (including phenoxy) is 6. The van der Waals surface area contributed by atoms with Crippen LogP contribution >= 0.6 is 21.6 Å². The lowest BCUT2D eigenvalue weighted by Crippen LogP contribution is -2.43. The van der Waals surface area contributed by atoms with Crippen molar-refractivity contribution in [1.82, 2.24) is 4.90 Å². The van der Waals surface area contributed by atoms with Gasteiger partial charge in [0.05, 0.1) is 53.0 Å². The molecule has 0 spiro atoms. The molecule has 1 N–H and O–H groups in total. The van der Waals surface area contributed by atoms with Crippen LogP contribution in [0, 0.1) is 12.8 Å². The highest BCUT2D eigenvalue weighted by Gasteiger charge is 2.44. The lowest BCUT2D eigenvalue weighted by atomic mass is 9.91. The van der Waals surface area contributed by atoms with Crippen molar-refractivity contribution in [3.63, 3.8) is 0 Å². The van der Waals surface area contributed by atoms with Gasteiger partial charge in [-0.05, 0) is 159 Å². The molecule has 0 fully saturated rings. The van der Waals surface area contributed by atoms with Crippen molar-refractivity contribution < 1.29 is 78.0 Å². The van der Waals surface area contributed by atoms with Gasteiger partial charge in [-0.25, -0.2) is 0 Å². The van der Waals surface area contributed by atoms with Gasteiger partial charge in [0.25, 0.3) is 43.9 Å². The topological polar surface area (TPSA) is 251 Å². The van der Waals surface area contributed by atoms with Gasteiger partial charge in [0.15, 0.2) is 17.3 Å². The lowest BCUT2D eigenvalue weighted by molar-refractivity contribution is -0.137. The van der Waals surface area contributed by atoms with E-state index in [1.54, 1.807) is 24.1 Å². The number of para-hydroxylation sites is 2. The van der Waals surface area contributed by atoms with Crippen LogP contribution in [-0.2, 0) is 91.9 Å². The quantitative estimate of drug-likeness (QED) is 0.0135. The van der Waals surface area contributed by atoms with E-state index in [4.69, 9.17) is 32.6 Å². The molecule has 5 heterocycles. The maximum Gasteiger partial charge on any atom is 0.277 e. The molecule has 4 amide bonds. The van der Waals surface area contributed by atoms with Crippen molar-refractivity contribution in [2.24, 2.45) is 5.92 Å². The first-order valence-electron chi connectivity index (χ1n) is 31.1. The second-order valence-electron chi connectivity index (χ2n) is 24.5. The van der Waals surface area contributed by atoms with E-state index in [1.165, 1.54) is 34.3 Å². The highest BCUT2D eigenvalue weighted by Crippen LogP contribution is 2.45. The Morgan fingerprint density at radius 2 is 1.34 bits per heavy atom. The van der Waals surface area contributed by atoms with Gasteiger partial charge in [0.2, 0.25) is 0 Å². The average Bonchev–Trinajstić information content (AvgIpc) is 1.62. The Balaban J connectivity index is 0.927. The lowest BCUT2D eigenvalue weighted by Gasteiger charge is -2.34. The molecule has 93 heavy (non-hydrogen) atoms. The second-order valence-corrected chi connectivity index (χ2v) is 31.0. The summed E-state index contributed by atoms with van der Waals surface area (Å²) in [4.78, 5) is 73.6. The predicted molar refractivity (Wildman–Crippen MR) is 357 cm³/mol. The number of methoxy groups -OCH3 is 2. The number of Topliss-reactive ketones (excluding diaryl/α,β-unsaturated/α-hetero) is 1. The maximum atomic E-state index is 14.7. The minimum atomic E-state index is -4.46. The molecule has 5 aliphatic heterocycles. The first-order chi connectivity index (χ1) is 44.5. The van der Waals surface area contributed by atoms with E-state index < -0.39 is 65.5 Å². The molecule has 5 aromatic carbocycles. The zero-order valence-electron chi connectivity index (χ0n) is 53.2. The number of anilines is 3. The molecule has 0 saturated carbocycles. The van der Waals surface area contributed by atoms with E-state index in [0.717, 1.165) is 76.2 Å². The molecule has 0 bridgehead atoms. The SMILES string of the molecule is COCCOCCOCCN(CC(C)(C)SSCCC(C(=O)CCCN1C(=O)C=CC1=O)S(=O)(=O)OC)c1cc(COc2cc3c(cc2C)C(=O)N2c4ccccc4C[C@H]2CC3)cc(COc2cc3c(cc2OC)C(=O)N2c4ccccc4C[C@H]2C(CS(=O)(=O)O)C3)c1. The Labute approximate surface area is 552 Å². The standard InChI is InChI=1S/C68H80N4O17S4/c1-44-30-54-47(17-18-52-35-48-12-7-9-14-56(48)71(52)66(54)76)37-60(44)88-40-45-31-46(41-89-62-38-50-34-51(42-92(78,79)80)58-36-49-13-8-10-15-57(49)72(58)67(77)55(50)39-61(62)84-5)33-53(32-45)69(23-24-86-27-28-87-26-25-83-4)43-68(2,3)91-90-29-21-63(93(81,82)85-6)59(73)16-11-22-70-64(74)19-20-65(70)75/h7-10,12-15,19-20,30-33,37-39,51-52,58,63H,11,16-18,21-29,34-36,40-43H2,1-6H3,(H,78,79,80)/t51?,52-,58+,63?/m1/s1. The number of hydrogen-bond acceptors (Lipinski definition) is 19. The number of carbonyl (C=O) groups excluding carboxylic acids is 5. The fourth-order valence-electron chi connectivity index (χ4n) is 13.0. The first kappa shape index (κ1) is 69.0. The highest BCUT2D eigenvalue weighted by atomic mass is 33.1. The van der Waals surface area contributed by atoms with Crippen LogP contribution in [0.15, 0.2) is 103 Å². The summed E-state index contributed by atoms with van der Waals surface area (Å²) in [6.07, 6.45) is 5.03. The molecule has 21 nitrogen and oxygen atoms in total. The number of carbonyl (C=O) groups is 5. The summed E-state index contributed by atoms with van der Waals surface area (Å²) in [5.74, 6) is -1.62. The second kappa shape index (κ2) is 30.3. The van der Waals surface area contributed by atoms with Crippen LogP contribution in [0.3, 0.4) is 0 Å². The van der Waals surface area contributed by atoms with Crippen LogP contribution in [0.5, 0.6) is 17.2 Å². The van der Waals surface area contributed by atoms with Crippen LogP contribution in [0.1, 0.15) is 99.2 Å². The Hall–Kier alpha value is -6.81. The first-order valence-corrected chi connectivity index (χ1v) is 36.5. The molecule has 25 heteroatoms. The largest absolute Gasteiger partial charge is 0.493 e. The molecule has 5 aromatic rings. The van der Waals surface area contributed by atoms with Crippen LogP contribution in [0.25, 0.3) is 0 Å². The van der Waals surface area contributed by atoms with Crippen LogP contribution < -0.4 is 28.9 Å². The van der Waals surface area contributed by atoms with Gasteiger partial charge >= 0.3 is 0 Å². The third-order valence-corrected chi connectivity index (χ3v) is 23.3. The number of benzene rings is 5. The summed E-state index contributed by atoms with van der Waals surface area (Å²) in [5, 5.41) is -1.46. The Kier molecular flexibility index (Phi) is 22.5. The van der Waals surface area contributed by atoms with Gasteiger partial charge in [-0.2, -0.15) is 16.8 Å². The Morgan fingerprint density at radius 3 is 2.02 bits per heavy atom. The van der Waals surface area contributed by atoms with Crippen molar-refractivity contribution in [3.05, 3.63) is 153 Å². The fourth-order valence-corrected chi connectivity index (χ4v) is 17.7. The number of fused-ring (bicyclic) bond motifs is 8. The van der Waals surface area contributed by atoms with Gasteiger partial charge in [0, 0.05) is 102 Å². The van der Waals surface area contributed by atoms with Crippen molar-refractivity contribution in [3.8, 4) is 17.2 Å². The summed E-state index contributed by atoms with van der Waals surface area (Å²) in [5.41, 5.74) is 9.26. The van der Waals surface area contributed by atoms with Gasteiger partial charge in [0.1, 0.15) is 24.2 Å². The van der Waals surface area contributed by atoms with E-state index in [1.807, 2.05) is 84.6 Å². The van der Waals surface area contributed by atoms with Crippen LogP contribution in [0.4, 0.5) is 17.1 Å². The number of aryl methyl sites for hydroxylation is 2. The number of ketones is 1. The van der Waals surface area contributed by atoms with Crippen LogP contribution in [0.2, 0.25) is 0 Å². The Morgan fingerprint density at radius 1 is 0.720 bits per heavy atom. The molecule has 10 rings (SSSR count). The van der Waals surface area contributed by atoms with Crippen molar-refractivity contribution in [2.75, 3.05) is 100 Å². The van der Waals surface area contributed by atoms with Crippen molar-refractivity contribution in [2.45, 2.75) is 107 Å². The van der Waals surface area contributed by atoms with E-state index in [-0.39, 0.29) is 74.8 Å². The third kappa shape index (κ3) is 16.6. The third-order valence-electron chi connectivity index (χ3n) is 17.4. The van der Waals surface area contributed by atoms with E-state index in [2.05, 4.69) is 24.8 Å². The normalized spacial score (nSPS) is 17.9. The number of amides is 4. The zero-order valence-corrected chi connectivity index (χ0v) is 56.4. The smallest absolute Gasteiger partial charge is 0.277 e. The molecule has 4 atom stereocenters. The van der Waals surface area contributed by atoms with Crippen molar-refractivity contribution >= 4 is 88.3 Å². The summed E-state index contributed by atoms with van der Waals surface area (Å²) in [6, 6.07) is 28.4. The van der Waals surface area contributed by atoms with Gasteiger partial charge < -0.3 is 43.1 Å². The molecule has 0 saturated heterocycles. The number of nitrogens with zero attached hydrogens (tertiary/aromatic N) is 4. The predicted octanol–water partition coefficient (Wildman–Crippen LogP) is 8.97. The molecule has 2 unspecified atom stereocenters. The van der Waals surface area contributed by atoms with Gasteiger partial charge in [-0.1, -0.05) is 58.0 Å². The molecule has 0 aromatic heterocycles. The molecular weight excluding hydrogens is 1270 g/mol. The maximum absolute atomic E-state index is 14.7. The van der Waals surface area contributed by atoms with Crippen LogP contribution in [-0.4, -0.2) is 163 Å². The summed E-state index contributed by atoms with van der Waals surface area (Å²) >= 11 is 0. The molecule has 0 aliphatic carbocycles. The van der Waals surface area contributed by atoms with Gasteiger partial charge in [-0.3, -0.25) is 37.6 Å². The van der Waals surface area contributed by atoms with E-state index in [0.29, 0.717) is 92.8 Å². The number of imide groups is 1. The Bertz CT molecular complexity index is 3860. The summed E-state index contributed by atoms with van der Waals surface area (Å²) < 4.78 is 103. The fraction of sp³-hybridized carbons (Fsp3) is 0.456. The molecule has 0 radical (unpaired) electrons.